The van der Waals surface area contributed by atoms with E-state index in [9.17, 15) is 9.59 Å². The Morgan fingerprint density at radius 1 is 1.31 bits per heavy atom. The molecule has 1 aromatic carbocycles. The van der Waals surface area contributed by atoms with Crippen molar-refractivity contribution in [3.05, 3.63) is 35.9 Å². The molecule has 5 nitrogen and oxygen atoms in total. The lowest BCUT2D eigenvalue weighted by atomic mass is 10.1. The number of carboxylic acid groups (broad SMARTS) is 1. The molecule has 16 heavy (non-hydrogen) atoms. The van der Waals surface area contributed by atoms with Gasteiger partial charge in [-0.1, -0.05) is 30.3 Å². The summed E-state index contributed by atoms with van der Waals surface area (Å²) in [6.07, 6.45) is 0.267. The van der Waals surface area contributed by atoms with Crippen molar-refractivity contribution in [2.24, 2.45) is 0 Å². The Bertz CT molecular complexity index is 365. The van der Waals surface area contributed by atoms with E-state index in [0.29, 0.717) is 0 Å². The molecule has 0 aliphatic rings. The molecule has 2 amide bonds. The summed E-state index contributed by atoms with van der Waals surface area (Å²) in [4.78, 5) is 21.9. The minimum absolute atomic E-state index is 0.267. The fourth-order valence-corrected chi connectivity index (χ4v) is 1.28. The smallest absolute Gasteiger partial charge is 0.326 e. The van der Waals surface area contributed by atoms with Crippen LogP contribution in [0.15, 0.2) is 30.3 Å². The van der Waals surface area contributed by atoms with E-state index in [2.05, 4.69) is 10.6 Å². The van der Waals surface area contributed by atoms with Gasteiger partial charge in [-0.2, -0.15) is 0 Å². The summed E-state index contributed by atoms with van der Waals surface area (Å²) in [5.74, 6) is -1.05. The van der Waals surface area contributed by atoms with Crippen LogP contribution in [0.4, 0.5) is 4.79 Å². The quantitative estimate of drug-likeness (QED) is 0.698. The molecule has 3 N–H and O–H groups in total. The van der Waals surface area contributed by atoms with Crippen molar-refractivity contribution in [1.82, 2.24) is 10.6 Å². The molecular weight excluding hydrogens is 208 g/mol. The van der Waals surface area contributed by atoms with E-state index in [1.165, 1.54) is 7.05 Å². The average Bonchev–Trinajstić information content (AvgIpc) is 2.29. The van der Waals surface area contributed by atoms with Crippen LogP contribution in [0.5, 0.6) is 0 Å². The lowest BCUT2D eigenvalue weighted by Crippen LogP contribution is -2.46. The summed E-state index contributed by atoms with van der Waals surface area (Å²) in [5, 5.41) is 13.6. The van der Waals surface area contributed by atoms with Crippen LogP contribution >= 0.6 is 0 Å². The molecule has 0 aliphatic heterocycles. The van der Waals surface area contributed by atoms with Gasteiger partial charge >= 0.3 is 12.0 Å². The van der Waals surface area contributed by atoms with E-state index < -0.39 is 18.0 Å². The Labute approximate surface area is 93.5 Å². The fourth-order valence-electron chi connectivity index (χ4n) is 1.28. The zero-order valence-corrected chi connectivity index (χ0v) is 8.93. The van der Waals surface area contributed by atoms with Crippen LogP contribution in [0, 0.1) is 0 Å². The largest absolute Gasteiger partial charge is 0.480 e. The third-order valence-corrected chi connectivity index (χ3v) is 2.11. The predicted molar refractivity (Wildman–Crippen MR) is 59.2 cm³/mol. The van der Waals surface area contributed by atoms with Crippen molar-refractivity contribution in [2.45, 2.75) is 12.5 Å². The van der Waals surface area contributed by atoms with Crippen molar-refractivity contribution in [1.29, 1.82) is 0 Å². The molecule has 1 unspecified atom stereocenters. The van der Waals surface area contributed by atoms with Crippen molar-refractivity contribution in [2.75, 3.05) is 7.05 Å². The molecule has 1 rings (SSSR count). The number of carbonyl (C=O) groups excluding carboxylic acids is 1. The molecule has 1 atom stereocenters. The lowest BCUT2D eigenvalue weighted by Gasteiger charge is -2.13. The van der Waals surface area contributed by atoms with Gasteiger partial charge in [-0.25, -0.2) is 9.59 Å². The molecule has 0 saturated carbocycles. The minimum Gasteiger partial charge on any atom is -0.480 e. The van der Waals surface area contributed by atoms with Gasteiger partial charge in [0.1, 0.15) is 6.04 Å². The van der Waals surface area contributed by atoms with E-state index in [1.54, 1.807) is 0 Å². The highest BCUT2D eigenvalue weighted by Crippen LogP contribution is 2.03. The molecule has 0 saturated heterocycles. The molecule has 0 spiro atoms. The van der Waals surface area contributed by atoms with Gasteiger partial charge < -0.3 is 15.7 Å². The highest BCUT2D eigenvalue weighted by atomic mass is 16.4. The molecule has 0 radical (unpaired) electrons. The highest BCUT2D eigenvalue weighted by Gasteiger charge is 2.19. The van der Waals surface area contributed by atoms with E-state index >= 15 is 0 Å². The maximum Gasteiger partial charge on any atom is 0.326 e. The summed E-state index contributed by atoms with van der Waals surface area (Å²) < 4.78 is 0. The third-order valence-electron chi connectivity index (χ3n) is 2.11. The van der Waals surface area contributed by atoms with E-state index in [4.69, 9.17) is 5.11 Å². The van der Waals surface area contributed by atoms with Crippen LogP contribution in [0.25, 0.3) is 0 Å². The van der Waals surface area contributed by atoms with Gasteiger partial charge in [0.15, 0.2) is 0 Å². The number of urea groups is 1. The summed E-state index contributed by atoms with van der Waals surface area (Å²) in [6, 6.07) is 7.74. The van der Waals surface area contributed by atoms with Crippen molar-refractivity contribution >= 4 is 12.0 Å². The fraction of sp³-hybridized carbons (Fsp3) is 0.273. The first-order chi connectivity index (χ1) is 7.63. The highest BCUT2D eigenvalue weighted by molar-refractivity contribution is 5.82. The maximum absolute atomic E-state index is 11.0. The van der Waals surface area contributed by atoms with Crippen molar-refractivity contribution in [3.8, 4) is 0 Å². The van der Waals surface area contributed by atoms with Crippen LogP contribution < -0.4 is 10.6 Å². The Kier molecular flexibility index (Phi) is 4.32. The van der Waals surface area contributed by atoms with Crippen LogP contribution in [-0.4, -0.2) is 30.2 Å². The number of carbonyl (C=O) groups is 2. The van der Waals surface area contributed by atoms with E-state index in [0.717, 1.165) is 5.56 Å². The second kappa shape index (κ2) is 5.75. The van der Waals surface area contributed by atoms with Gasteiger partial charge in [-0.05, 0) is 5.56 Å². The number of amides is 2. The molecule has 5 heteroatoms. The number of rotatable bonds is 4. The van der Waals surface area contributed by atoms with Gasteiger partial charge in [0.25, 0.3) is 0 Å². The van der Waals surface area contributed by atoms with Crippen LogP contribution in [0.3, 0.4) is 0 Å². The van der Waals surface area contributed by atoms with Crippen molar-refractivity contribution in [3.63, 3.8) is 0 Å². The topological polar surface area (TPSA) is 78.4 Å². The zero-order chi connectivity index (χ0) is 12.0. The molecule has 0 bridgehead atoms. The molecule has 0 aliphatic carbocycles. The Hall–Kier alpha value is -2.04. The van der Waals surface area contributed by atoms with Gasteiger partial charge in [0.05, 0.1) is 0 Å². The third kappa shape index (κ3) is 3.61. The number of nitrogens with one attached hydrogen (secondary N) is 2. The van der Waals surface area contributed by atoms with Gasteiger partial charge in [0.2, 0.25) is 0 Å². The summed E-state index contributed by atoms with van der Waals surface area (Å²) >= 11 is 0. The SMILES string of the molecule is CNC(=O)NC(Cc1ccccc1)C(=O)O. The first kappa shape index (κ1) is 12.0. The molecule has 1 aromatic rings. The zero-order valence-electron chi connectivity index (χ0n) is 8.93. The standard InChI is InChI=1S/C11H14N2O3/c1-12-11(16)13-9(10(14)15)7-8-5-3-2-4-6-8/h2-6,9H,7H2,1H3,(H,14,15)(H2,12,13,16). The number of hydrogen-bond acceptors (Lipinski definition) is 2. The van der Waals surface area contributed by atoms with Gasteiger partial charge in [-0.3, -0.25) is 0 Å². The number of hydrogen-bond donors (Lipinski definition) is 3. The minimum atomic E-state index is -1.05. The molecule has 86 valence electrons. The van der Waals surface area contributed by atoms with E-state index in [-0.39, 0.29) is 6.42 Å². The second-order valence-corrected chi connectivity index (χ2v) is 3.30. The first-order valence-electron chi connectivity index (χ1n) is 4.88. The molecule has 0 heterocycles. The van der Waals surface area contributed by atoms with Gasteiger partial charge in [0, 0.05) is 13.5 Å². The molecule has 0 fully saturated rings. The molecule has 0 aromatic heterocycles. The lowest BCUT2D eigenvalue weighted by molar-refractivity contribution is -0.139. The Balaban J connectivity index is 2.65. The second-order valence-electron chi connectivity index (χ2n) is 3.30. The number of aliphatic carboxylic acids is 1. The summed E-state index contributed by atoms with van der Waals surface area (Å²) in [5.41, 5.74) is 0.867. The first-order valence-corrected chi connectivity index (χ1v) is 4.88. The van der Waals surface area contributed by atoms with Crippen LogP contribution in [0.1, 0.15) is 5.56 Å². The van der Waals surface area contributed by atoms with Crippen molar-refractivity contribution < 1.29 is 14.7 Å². The number of carboxylic acids is 1. The molecular formula is C11H14N2O3. The van der Waals surface area contributed by atoms with Crippen LogP contribution in [-0.2, 0) is 11.2 Å². The Morgan fingerprint density at radius 3 is 2.44 bits per heavy atom. The monoisotopic (exact) mass is 222 g/mol. The Morgan fingerprint density at radius 2 is 1.94 bits per heavy atom. The van der Waals surface area contributed by atoms with Crippen LogP contribution in [0.2, 0.25) is 0 Å². The summed E-state index contributed by atoms with van der Waals surface area (Å²) in [6.45, 7) is 0. The summed E-state index contributed by atoms with van der Waals surface area (Å²) in [7, 11) is 1.44. The van der Waals surface area contributed by atoms with Gasteiger partial charge in [-0.15, -0.1) is 0 Å². The average molecular weight is 222 g/mol. The number of benzene rings is 1. The predicted octanol–water partition coefficient (Wildman–Crippen LogP) is 0.611. The van der Waals surface area contributed by atoms with E-state index in [1.807, 2.05) is 30.3 Å². The normalized spacial score (nSPS) is 11.6. The maximum atomic E-state index is 11.0.